The Balaban J connectivity index is 1.46. The lowest BCUT2D eigenvalue weighted by atomic mass is 10.1. The Morgan fingerprint density at radius 2 is 1.96 bits per heavy atom. The lowest BCUT2D eigenvalue weighted by Crippen LogP contribution is -2.46. The van der Waals surface area contributed by atoms with E-state index in [1.165, 1.54) is 6.07 Å². The summed E-state index contributed by atoms with van der Waals surface area (Å²) in [5, 5.41) is 8.87. The van der Waals surface area contributed by atoms with E-state index >= 15 is 0 Å². The van der Waals surface area contributed by atoms with E-state index < -0.39 is 0 Å². The molecule has 7 heteroatoms. The standard InChI is InChI=1S/C21H20FN5O/c1-15-3-2-6-27-20(28)12-17(24-21(15)27)14-25-7-9-26(10-8-25)19-5-4-16(13-23)11-18(19)22/h2-6,11-12H,7-10,14H2,1H3. The lowest BCUT2D eigenvalue weighted by Gasteiger charge is -2.36. The molecule has 1 aliphatic rings. The topological polar surface area (TPSA) is 64.6 Å². The molecule has 1 aliphatic heterocycles. The first-order valence-corrected chi connectivity index (χ1v) is 9.20. The third-order valence-corrected chi connectivity index (χ3v) is 5.11. The second kappa shape index (κ2) is 7.41. The zero-order chi connectivity index (χ0) is 19.7. The summed E-state index contributed by atoms with van der Waals surface area (Å²) in [6, 6.07) is 11.9. The molecule has 0 atom stereocenters. The highest BCUT2D eigenvalue weighted by molar-refractivity contribution is 5.51. The third-order valence-electron chi connectivity index (χ3n) is 5.11. The predicted molar refractivity (Wildman–Crippen MR) is 105 cm³/mol. The molecule has 0 saturated carbocycles. The molecule has 6 nitrogen and oxygen atoms in total. The van der Waals surface area contributed by atoms with Crippen molar-refractivity contribution in [3.63, 3.8) is 0 Å². The van der Waals surface area contributed by atoms with Gasteiger partial charge in [-0.15, -0.1) is 0 Å². The molecule has 3 aromatic rings. The number of piperazine rings is 1. The predicted octanol–water partition coefficient (Wildman–Crippen LogP) is 2.34. The Bertz CT molecular complexity index is 1130. The second-order valence-corrected chi connectivity index (χ2v) is 7.01. The van der Waals surface area contributed by atoms with Gasteiger partial charge in [-0.05, 0) is 36.8 Å². The van der Waals surface area contributed by atoms with Crippen molar-refractivity contribution >= 4 is 11.3 Å². The zero-order valence-electron chi connectivity index (χ0n) is 15.6. The second-order valence-electron chi connectivity index (χ2n) is 7.01. The van der Waals surface area contributed by atoms with Gasteiger partial charge in [-0.3, -0.25) is 14.1 Å². The smallest absolute Gasteiger partial charge is 0.258 e. The Morgan fingerprint density at radius 3 is 2.68 bits per heavy atom. The van der Waals surface area contributed by atoms with Crippen LogP contribution in [0.3, 0.4) is 0 Å². The number of aryl methyl sites for hydroxylation is 1. The lowest BCUT2D eigenvalue weighted by molar-refractivity contribution is 0.246. The van der Waals surface area contributed by atoms with E-state index in [4.69, 9.17) is 5.26 Å². The fourth-order valence-corrected chi connectivity index (χ4v) is 3.60. The van der Waals surface area contributed by atoms with E-state index in [9.17, 15) is 9.18 Å². The molecule has 1 aromatic carbocycles. The van der Waals surface area contributed by atoms with Crippen LogP contribution in [0, 0.1) is 24.1 Å². The monoisotopic (exact) mass is 377 g/mol. The SMILES string of the molecule is Cc1cccn2c(=O)cc(CN3CCN(c4ccc(C#N)cc4F)CC3)nc12. The maximum absolute atomic E-state index is 14.2. The number of rotatable bonds is 3. The highest BCUT2D eigenvalue weighted by atomic mass is 19.1. The summed E-state index contributed by atoms with van der Waals surface area (Å²) in [7, 11) is 0. The van der Waals surface area contributed by atoms with Crippen molar-refractivity contribution in [2.24, 2.45) is 0 Å². The molecule has 3 heterocycles. The number of nitrogens with zero attached hydrogens (tertiary/aromatic N) is 5. The molecule has 1 fully saturated rings. The number of benzene rings is 1. The number of fused-ring (bicyclic) bond motifs is 1. The molecular weight excluding hydrogens is 357 g/mol. The molecule has 28 heavy (non-hydrogen) atoms. The molecule has 1 saturated heterocycles. The summed E-state index contributed by atoms with van der Waals surface area (Å²) < 4.78 is 15.8. The Labute approximate surface area is 162 Å². The van der Waals surface area contributed by atoms with Crippen molar-refractivity contribution in [2.45, 2.75) is 13.5 Å². The van der Waals surface area contributed by atoms with Crippen LogP contribution in [0.1, 0.15) is 16.8 Å². The van der Waals surface area contributed by atoms with Crippen LogP contribution < -0.4 is 10.5 Å². The van der Waals surface area contributed by atoms with Crippen molar-refractivity contribution in [2.75, 3.05) is 31.1 Å². The summed E-state index contributed by atoms with van der Waals surface area (Å²) in [6.07, 6.45) is 1.73. The van der Waals surface area contributed by atoms with Gasteiger partial charge in [0.05, 0.1) is 23.0 Å². The summed E-state index contributed by atoms with van der Waals surface area (Å²) in [5.74, 6) is -0.368. The van der Waals surface area contributed by atoms with E-state index in [1.54, 1.807) is 28.8 Å². The first-order valence-electron chi connectivity index (χ1n) is 9.20. The molecule has 0 amide bonds. The fraction of sp³-hybridized carbons (Fsp3) is 0.286. The molecule has 4 rings (SSSR count). The van der Waals surface area contributed by atoms with Crippen LogP contribution in [-0.4, -0.2) is 40.5 Å². The molecule has 0 unspecified atom stereocenters. The molecule has 0 spiro atoms. The van der Waals surface area contributed by atoms with Crippen molar-refractivity contribution < 1.29 is 4.39 Å². The van der Waals surface area contributed by atoms with Crippen LogP contribution in [0.4, 0.5) is 10.1 Å². The first kappa shape index (κ1) is 18.1. The van der Waals surface area contributed by atoms with Gasteiger partial charge in [0.1, 0.15) is 11.5 Å². The summed E-state index contributed by atoms with van der Waals surface area (Å²) in [4.78, 5) is 21.2. The van der Waals surface area contributed by atoms with E-state index in [1.807, 2.05) is 30.0 Å². The average Bonchev–Trinajstić information content (AvgIpc) is 2.69. The number of nitriles is 1. The summed E-state index contributed by atoms with van der Waals surface area (Å²) in [5.41, 5.74) is 3.16. The summed E-state index contributed by atoms with van der Waals surface area (Å²) >= 11 is 0. The average molecular weight is 377 g/mol. The van der Waals surface area contributed by atoms with Crippen LogP contribution in [-0.2, 0) is 6.54 Å². The van der Waals surface area contributed by atoms with Crippen molar-refractivity contribution in [1.82, 2.24) is 14.3 Å². The van der Waals surface area contributed by atoms with Crippen molar-refractivity contribution in [3.05, 3.63) is 75.6 Å². The number of pyridine rings is 1. The van der Waals surface area contributed by atoms with E-state index in [2.05, 4.69) is 9.88 Å². The van der Waals surface area contributed by atoms with Gasteiger partial charge in [-0.2, -0.15) is 5.26 Å². The fourth-order valence-electron chi connectivity index (χ4n) is 3.60. The molecule has 0 N–H and O–H groups in total. The Hall–Kier alpha value is -3.24. The minimum atomic E-state index is -0.368. The zero-order valence-corrected chi connectivity index (χ0v) is 15.6. The van der Waals surface area contributed by atoms with Gasteiger partial charge in [0.25, 0.3) is 5.56 Å². The number of aromatic nitrogens is 2. The Morgan fingerprint density at radius 1 is 1.18 bits per heavy atom. The number of hydrogen-bond acceptors (Lipinski definition) is 5. The van der Waals surface area contributed by atoms with Crippen LogP contribution in [0.25, 0.3) is 5.65 Å². The molecule has 0 bridgehead atoms. The van der Waals surface area contributed by atoms with Gasteiger partial charge in [-0.1, -0.05) is 6.07 Å². The largest absolute Gasteiger partial charge is 0.367 e. The van der Waals surface area contributed by atoms with Crippen LogP contribution >= 0.6 is 0 Å². The van der Waals surface area contributed by atoms with E-state index in [-0.39, 0.29) is 11.4 Å². The molecular formula is C21H20FN5O. The van der Waals surface area contributed by atoms with Crippen LogP contribution in [0.2, 0.25) is 0 Å². The minimum Gasteiger partial charge on any atom is -0.367 e. The summed E-state index contributed by atoms with van der Waals surface area (Å²) in [6.45, 7) is 5.37. The highest BCUT2D eigenvalue weighted by Crippen LogP contribution is 2.22. The Kier molecular flexibility index (Phi) is 4.80. The maximum Gasteiger partial charge on any atom is 0.258 e. The van der Waals surface area contributed by atoms with Crippen LogP contribution in [0.5, 0.6) is 0 Å². The maximum atomic E-state index is 14.2. The number of anilines is 1. The van der Waals surface area contributed by atoms with Crippen LogP contribution in [0.15, 0.2) is 47.4 Å². The van der Waals surface area contributed by atoms with E-state index in [0.717, 1.165) is 24.3 Å². The van der Waals surface area contributed by atoms with Gasteiger partial charge in [0, 0.05) is 45.0 Å². The molecule has 142 valence electrons. The number of hydrogen-bond donors (Lipinski definition) is 0. The third kappa shape index (κ3) is 3.47. The number of halogens is 1. The van der Waals surface area contributed by atoms with E-state index in [0.29, 0.717) is 36.5 Å². The normalized spacial score (nSPS) is 15.0. The van der Waals surface area contributed by atoms with Gasteiger partial charge in [0.15, 0.2) is 0 Å². The molecule has 2 aromatic heterocycles. The minimum absolute atomic E-state index is 0.0815. The molecule has 0 radical (unpaired) electrons. The first-order chi connectivity index (χ1) is 13.5. The molecule has 0 aliphatic carbocycles. The highest BCUT2D eigenvalue weighted by Gasteiger charge is 2.20. The van der Waals surface area contributed by atoms with Gasteiger partial charge < -0.3 is 4.90 Å². The van der Waals surface area contributed by atoms with Gasteiger partial charge in [-0.25, -0.2) is 9.37 Å². The van der Waals surface area contributed by atoms with Gasteiger partial charge >= 0.3 is 0 Å². The van der Waals surface area contributed by atoms with Crippen molar-refractivity contribution in [3.8, 4) is 6.07 Å². The van der Waals surface area contributed by atoms with Gasteiger partial charge in [0.2, 0.25) is 0 Å². The quantitative estimate of drug-likeness (QED) is 0.701. The van der Waals surface area contributed by atoms with Crippen molar-refractivity contribution in [1.29, 1.82) is 5.26 Å².